The molecule has 1 saturated heterocycles. The van der Waals surface area contributed by atoms with Gasteiger partial charge in [-0.15, -0.1) is 0 Å². The van der Waals surface area contributed by atoms with Crippen molar-refractivity contribution in [3.63, 3.8) is 0 Å². The number of likely N-dealkylation sites (tertiary alicyclic amines) is 1. The Kier molecular flexibility index (Phi) is 4.65. The number of aryl methyl sites for hydroxylation is 2. The van der Waals surface area contributed by atoms with Gasteiger partial charge in [-0.25, -0.2) is 9.50 Å². The van der Waals surface area contributed by atoms with Crippen LogP contribution in [0, 0.1) is 13.8 Å². The van der Waals surface area contributed by atoms with Gasteiger partial charge in [-0.05, 0) is 45.4 Å². The average molecular weight is 368 g/mol. The van der Waals surface area contributed by atoms with Gasteiger partial charge in [0.1, 0.15) is 6.54 Å². The number of fused-ring (bicyclic) bond motifs is 1. The largest absolute Gasteiger partial charge is 0.480 e. The summed E-state index contributed by atoms with van der Waals surface area (Å²) in [6, 6.07) is 3.98. The number of rotatable bonds is 5. The Bertz CT molecular complexity index is 976. The fourth-order valence-corrected chi connectivity index (χ4v) is 4.06. The molecule has 4 heterocycles. The van der Waals surface area contributed by atoms with Gasteiger partial charge >= 0.3 is 5.97 Å². The van der Waals surface area contributed by atoms with E-state index in [2.05, 4.69) is 20.1 Å². The van der Waals surface area contributed by atoms with Crippen molar-refractivity contribution in [2.24, 2.45) is 0 Å². The zero-order valence-corrected chi connectivity index (χ0v) is 15.7. The molecule has 4 rings (SSSR count). The van der Waals surface area contributed by atoms with E-state index in [1.165, 1.54) is 0 Å². The Labute approximate surface area is 157 Å². The first-order valence-corrected chi connectivity index (χ1v) is 9.28. The monoisotopic (exact) mass is 368 g/mol. The van der Waals surface area contributed by atoms with Crippen LogP contribution in [0.5, 0.6) is 0 Å². The van der Waals surface area contributed by atoms with E-state index in [0.29, 0.717) is 5.92 Å². The van der Waals surface area contributed by atoms with Crippen LogP contribution in [0.1, 0.15) is 41.4 Å². The lowest BCUT2D eigenvalue weighted by atomic mass is 9.94. The highest BCUT2D eigenvalue weighted by Gasteiger charge is 2.25. The van der Waals surface area contributed by atoms with Crippen molar-refractivity contribution in [3.05, 3.63) is 47.2 Å². The van der Waals surface area contributed by atoms with Crippen molar-refractivity contribution in [1.29, 1.82) is 0 Å². The van der Waals surface area contributed by atoms with Crippen LogP contribution in [0.4, 0.5) is 0 Å². The maximum absolute atomic E-state index is 11.1. The van der Waals surface area contributed by atoms with Crippen LogP contribution < -0.4 is 0 Å². The van der Waals surface area contributed by atoms with Crippen molar-refractivity contribution in [2.75, 3.05) is 13.1 Å². The van der Waals surface area contributed by atoms with Gasteiger partial charge in [0.05, 0.1) is 6.20 Å². The summed E-state index contributed by atoms with van der Waals surface area (Å²) < 4.78 is 3.51. The molecule has 1 aliphatic rings. The minimum absolute atomic E-state index is 0.0879. The molecule has 0 aliphatic carbocycles. The van der Waals surface area contributed by atoms with Crippen LogP contribution in [-0.2, 0) is 17.9 Å². The topological polar surface area (TPSA) is 88.5 Å². The molecule has 0 saturated carbocycles. The minimum Gasteiger partial charge on any atom is -0.480 e. The van der Waals surface area contributed by atoms with E-state index in [1.54, 1.807) is 10.9 Å². The molecule has 1 fully saturated rings. The highest BCUT2D eigenvalue weighted by Crippen LogP contribution is 2.28. The zero-order valence-electron chi connectivity index (χ0n) is 15.7. The molecule has 0 amide bonds. The molecule has 0 bridgehead atoms. The maximum Gasteiger partial charge on any atom is 0.325 e. The SMILES string of the molecule is Cc1cc(C)n2ncc(CN3CCC[C@H](c4ccnn4CC(=O)O)C3)c2n1. The summed E-state index contributed by atoms with van der Waals surface area (Å²) >= 11 is 0. The summed E-state index contributed by atoms with van der Waals surface area (Å²) in [7, 11) is 0. The van der Waals surface area contributed by atoms with Crippen molar-refractivity contribution >= 4 is 11.6 Å². The first-order chi connectivity index (χ1) is 13.0. The quantitative estimate of drug-likeness (QED) is 0.741. The van der Waals surface area contributed by atoms with E-state index < -0.39 is 5.97 Å². The van der Waals surface area contributed by atoms with E-state index in [1.807, 2.05) is 36.7 Å². The lowest BCUT2D eigenvalue weighted by Gasteiger charge is -2.32. The number of carboxylic acids is 1. The Hall–Kier alpha value is -2.74. The standard InChI is InChI=1S/C19H24N6O2/c1-13-8-14(2)25-19(22-13)16(9-21-25)11-23-7-3-4-15(10-23)17-5-6-20-24(17)12-18(26)27/h5-6,8-9,15H,3-4,7,10-12H2,1-2H3,(H,26,27)/t15-/m0/s1. The average Bonchev–Trinajstić information content (AvgIpc) is 3.22. The molecular formula is C19H24N6O2. The Morgan fingerprint density at radius 2 is 2.19 bits per heavy atom. The van der Waals surface area contributed by atoms with Crippen molar-refractivity contribution in [1.82, 2.24) is 29.3 Å². The minimum atomic E-state index is -0.865. The number of aliphatic carboxylic acids is 1. The van der Waals surface area contributed by atoms with Crippen LogP contribution in [0.2, 0.25) is 0 Å². The zero-order chi connectivity index (χ0) is 19.0. The maximum atomic E-state index is 11.1. The molecule has 1 aliphatic heterocycles. The highest BCUT2D eigenvalue weighted by atomic mass is 16.4. The first kappa shape index (κ1) is 17.7. The molecule has 3 aromatic heterocycles. The molecule has 1 N–H and O–H groups in total. The molecule has 0 aromatic carbocycles. The van der Waals surface area contributed by atoms with Gasteiger partial charge < -0.3 is 5.11 Å². The summed E-state index contributed by atoms with van der Waals surface area (Å²) in [6.45, 7) is 6.65. The molecule has 1 atom stereocenters. The molecular weight excluding hydrogens is 344 g/mol. The third-order valence-electron chi connectivity index (χ3n) is 5.20. The second-order valence-corrected chi connectivity index (χ2v) is 7.33. The van der Waals surface area contributed by atoms with Crippen LogP contribution in [0.3, 0.4) is 0 Å². The summed E-state index contributed by atoms with van der Waals surface area (Å²) in [6.07, 6.45) is 5.73. The normalized spacial score (nSPS) is 18.2. The van der Waals surface area contributed by atoms with Gasteiger partial charge in [0.2, 0.25) is 0 Å². The van der Waals surface area contributed by atoms with Crippen molar-refractivity contribution < 1.29 is 9.90 Å². The van der Waals surface area contributed by atoms with E-state index >= 15 is 0 Å². The van der Waals surface area contributed by atoms with E-state index in [-0.39, 0.29) is 6.54 Å². The third kappa shape index (κ3) is 3.57. The molecule has 3 aromatic rings. The van der Waals surface area contributed by atoms with E-state index in [9.17, 15) is 4.79 Å². The summed E-state index contributed by atoms with van der Waals surface area (Å²) in [5, 5.41) is 17.8. The number of carboxylic acid groups (broad SMARTS) is 1. The van der Waals surface area contributed by atoms with Gasteiger partial charge in [-0.2, -0.15) is 10.2 Å². The molecule has 8 heteroatoms. The predicted molar refractivity (Wildman–Crippen MR) is 99.6 cm³/mol. The molecule has 8 nitrogen and oxygen atoms in total. The lowest BCUT2D eigenvalue weighted by Crippen LogP contribution is -2.35. The van der Waals surface area contributed by atoms with Gasteiger partial charge in [0.15, 0.2) is 5.65 Å². The molecule has 0 spiro atoms. The predicted octanol–water partition coefficient (Wildman–Crippen LogP) is 2.01. The van der Waals surface area contributed by atoms with Crippen LogP contribution in [0.25, 0.3) is 5.65 Å². The number of hydrogen-bond donors (Lipinski definition) is 1. The Morgan fingerprint density at radius 1 is 1.33 bits per heavy atom. The third-order valence-corrected chi connectivity index (χ3v) is 5.20. The van der Waals surface area contributed by atoms with Crippen molar-refractivity contribution in [3.8, 4) is 0 Å². The molecule has 0 radical (unpaired) electrons. The summed E-state index contributed by atoms with van der Waals surface area (Å²) in [5.41, 5.74) is 5.13. The van der Waals surface area contributed by atoms with E-state index in [4.69, 9.17) is 5.11 Å². The van der Waals surface area contributed by atoms with Gasteiger partial charge in [0.25, 0.3) is 0 Å². The molecule has 27 heavy (non-hydrogen) atoms. The number of piperidine rings is 1. The fourth-order valence-electron chi connectivity index (χ4n) is 4.06. The van der Waals surface area contributed by atoms with Gasteiger partial charge in [0, 0.05) is 47.8 Å². The van der Waals surface area contributed by atoms with E-state index in [0.717, 1.165) is 60.8 Å². The summed E-state index contributed by atoms with van der Waals surface area (Å²) in [5.74, 6) is -0.574. The lowest BCUT2D eigenvalue weighted by molar-refractivity contribution is -0.137. The van der Waals surface area contributed by atoms with Crippen molar-refractivity contribution in [2.45, 2.75) is 45.7 Å². The summed E-state index contributed by atoms with van der Waals surface area (Å²) in [4.78, 5) is 18.1. The highest BCUT2D eigenvalue weighted by molar-refractivity contribution is 5.66. The number of hydrogen-bond acceptors (Lipinski definition) is 5. The second-order valence-electron chi connectivity index (χ2n) is 7.33. The van der Waals surface area contributed by atoms with Gasteiger partial charge in [-0.3, -0.25) is 14.4 Å². The van der Waals surface area contributed by atoms with Crippen LogP contribution in [-0.4, -0.2) is 53.4 Å². The second kappa shape index (κ2) is 7.11. The van der Waals surface area contributed by atoms with Crippen LogP contribution in [0.15, 0.2) is 24.5 Å². The number of nitrogens with zero attached hydrogens (tertiary/aromatic N) is 6. The molecule has 142 valence electrons. The molecule has 0 unspecified atom stereocenters. The fraction of sp³-hybridized carbons (Fsp3) is 0.474. The first-order valence-electron chi connectivity index (χ1n) is 9.28. The number of carbonyl (C=O) groups is 1. The Morgan fingerprint density at radius 3 is 3.00 bits per heavy atom. The smallest absolute Gasteiger partial charge is 0.325 e. The van der Waals surface area contributed by atoms with Gasteiger partial charge in [-0.1, -0.05) is 0 Å². The van der Waals surface area contributed by atoms with Crippen LogP contribution >= 0.6 is 0 Å². The number of aromatic nitrogens is 5. The Balaban J connectivity index is 1.53.